The van der Waals surface area contributed by atoms with Gasteiger partial charge < -0.3 is 5.11 Å². The minimum atomic E-state index is -3.68. The molecule has 0 amide bonds. The Morgan fingerprint density at radius 3 is 2.81 bits per heavy atom. The number of carbonyl (C=O) groups is 1. The summed E-state index contributed by atoms with van der Waals surface area (Å²) >= 11 is 0. The van der Waals surface area contributed by atoms with Gasteiger partial charge in [0, 0.05) is 6.54 Å². The number of fused-ring (bicyclic) bond motifs is 1. The molecule has 0 fully saturated rings. The highest BCUT2D eigenvalue weighted by Gasteiger charge is 2.33. The molecule has 0 atom stereocenters. The number of carboxylic acid groups (broad SMARTS) is 1. The number of nitrogens with zero attached hydrogens (tertiary/aromatic N) is 2. The fraction of sp³-hybridized carbons (Fsp3) is 0.231. The Balaban J connectivity index is 2.06. The maximum Gasteiger partial charge on any atom is 0.335 e. The van der Waals surface area contributed by atoms with Crippen LogP contribution in [0.3, 0.4) is 0 Å². The van der Waals surface area contributed by atoms with Crippen molar-refractivity contribution in [3.8, 4) is 0 Å². The van der Waals surface area contributed by atoms with Gasteiger partial charge in [-0.05, 0) is 37.1 Å². The van der Waals surface area contributed by atoms with Crippen LogP contribution in [0, 0.1) is 6.92 Å². The average molecular weight is 307 g/mol. The van der Waals surface area contributed by atoms with Crippen LogP contribution in [0.2, 0.25) is 0 Å². The summed E-state index contributed by atoms with van der Waals surface area (Å²) in [5.41, 5.74) is 1.89. The van der Waals surface area contributed by atoms with Crippen LogP contribution in [-0.2, 0) is 16.4 Å². The fourth-order valence-corrected chi connectivity index (χ4v) is 4.10. The van der Waals surface area contributed by atoms with E-state index >= 15 is 0 Å². The van der Waals surface area contributed by atoms with E-state index in [4.69, 9.17) is 5.11 Å². The highest BCUT2D eigenvalue weighted by atomic mass is 32.2. The van der Waals surface area contributed by atoms with E-state index in [1.807, 2.05) is 0 Å². The Morgan fingerprint density at radius 1 is 1.43 bits per heavy atom. The van der Waals surface area contributed by atoms with E-state index in [1.54, 1.807) is 13.0 Å². The van der Waals surface area contributed by atoms with Crippen LogP contribution in [0.25, 0.3) is 0 Å². The van der Waals surface area contributed by atoms with Crippen LogP contribution in [0.15, 0.2) is 29.3 Å². The van der Waals surface area contributed by atoms with Crippen molar-refractivity contribution in [3.63, 3.8) is 0 Å². The number of nitrogens with one attached hydrogen (secondary N) is 1. The van der Waals surface area contributed by atoms with Crippen LogP contribution in [-0.4, -0.2) is 36.2 Å². The lowest BCUT2D eigenvalue weighted by molar-refractivity contribution is 0.0697. The molecule has 0 spiro atoms. The van der Waals surface area contributed by atoms with Crippen molar-refractivity contribution < 1.29 is 18.3 Å². The first-order valence-electron chi connectivity index (χ1n) is 6.30. The Hall–Kier alpha value is -2.35. The molecule has 0 radical (unpaired) electrons. The monoisotopic (exact) mass is 307 g/mol. The van der Waals surface area contributed by atoms with Gasteiger partial charge in [0.1, 0.15) is 4.90 Å². The second-order valence-electron chi connectivity index (χ2n) is 4.84. The van der Waals surface area contributed by atoms with E-state index in [0.717, 1.165) is 5.56 Å². The molecule has 1 aromatic carbocycles. The molecule has 2 N–H and O–H groups in total. The minimum absolute atomic E-state index is 0.137. The quantitative estimate of drug-likeness (QED) is 0.886. The number of aromatic amines is 1. The normalized spacial score (nSPS) is 14.2. The van der Waals surface area contributed by atoms with Gasteiger partial charge in [-0.3, -0.25) is 9.40 Å². The third-order valence-corrected chi connectivity index (χ3v) is 5.46. The van der Waals surface area contributed by atoms with Gasteiger partial charge in [-0.15, -0.1) is 0 Å². The van der Waals surface area contributed by atoms with Gasteiger partial charge in [0.15, 0.2) is 0 Å². The molecule has 2 aromatic rings. The van der Waals surface area contributed by atoms with Gasteiger partial charge in [0.2, 0.25) is 0 Å². The van der Waals surface area contributed by atoms with Crippen LogP contribution < -0.4 is 4.31 Å². The van der Waals surface area contributed by atoms with E-state index in [1.165, 1.54) is 22.6 Å². The highest BCUT2D eigenvalue weighted by Crippen LogP contribution is 2.33. The number of carboxylic acids is 1. The third kappa shape index (κ3) is 2.07. The molecule has 0 unspecified atom stereocenters. The minimum Gasteiger partial charge on any atom is -0.478 e. The smallest absolute Gasteiger partial charge is 0.335 e. The molecular weight excluding hydrogens is 294 g/mol. The van der Waals surface area contributed by atoms with Crippen molar-refractivity contribution in [1.82, 2.24) is 10.2 Å². The van der Waals surface area contributed by atoms with Gasteiger partial charge in [0.05, 0.1) is 23.1 Å². The first-order valence-corrected chi connectivity index (χ1v) is 7.74. The van der Waals surface area contributed by atoms with Crippen molar-refractivity contribution in [3.05, 3.63) is 41.2 Å². The maximum absolute atomic E-state index is 12.6. The molecule has 7 nitrogen and oxygen atoms in total. The molecule has 8 heteroatoms. The number of aryl methyl sites for hydroxylation is 1. The van der Waals surface area contributed by atoms with Crippen molar-refractivity contribution in [2.75, 3.05) is 10.8 Å². The van der Waals surface area contributed by atoms with E-state index in [2.05, 4.69) is 10.2 Å². The molecule has 1 aromatic heterocycles. The number of sulfonamides is 1. The lowest BCUT2D eigenvalue weighted by atomic mass is 10.1. The summed E-state index contributed by atoms with van der Waals surface area (Å²) in [7, 11) is -3.68. The first kappa shape index (κ1) is 13.6. The Morgan fingerprint density at radius 2 is 2.19 bits per heavy atom. The predicted octanol–water partition coefficient (Wildman–Crippen LogP) is 1.17. The van der Waals surface area contributed by atoms with Crippen molar-refractivity contribution >= 4 is 21.7 Å². The van der Waals surface area contributed by atoms with Crippen LogP contribution >= 0.6 is 0 Å². The standard InChI is InChI=1S/C13H13N3O4S/c1-8-12(7-14-15-8)21(19,20)16-5-4-9-6-10(13(17)18)2-3-11(9)16/h2-3,6-7H,4-5H2,1H3,(H,14,15)(H,17,18). The van der Waals surface area contributed by atoms with Crippen molar-refractivity contribution in [1.29, 1.82) is 0 Å². The van der Waals surface area contributed by atoms with Crippen LogP contribution in [0.1, 0.15) is 21.6 Å². The number of hydrogen-bond acceptors (Lipinski definition) is 4. The molecule has 21 heavy (non-hydrogen) atoms. The number of benzene rings is 1. The molecule has 0 saturated carbocycles. The first-order chi connectivity index (χ1) is 9.91. The lowest BCUT2D eigenvalue weighted by Crippen LogP contribution is -2.29. The Bertz CT molecular complexity index is 826. The van der Waals surface area contributed by atoms with Gasteiger partial charge >= 0.3 is 5.97 Å². The summed E-state index contributed by atoms with van der Waals surface area (Å²) in [6.07, 6.45) is 1.78. The molecule has 2 heterocycles. The topological polar surface area (TPSA) is 103 Å². The predicted molar refractivity (Wildman–Crippen MR) is 75.0 cm³/mol. The van der Waals surface area contributed by atoms with Crippen molar-refractivity contribution in [2.24, 2.45) is 0 Å². The largest absolute Gasteiger partial charge is 0.478 e. The van der Waals surface area contributed by atoms with Gasteiger partial charge in [-0.2, -0.15) is 5.10 Å². The molecule has 3 rings (SSSR count). The maximum atomic E-state index is 12.6. The molecule has 0 aliphatic carbocycles. The van der Waals surface area contributed by atoms with E-state index in [0.29, 0.717) is 24.3 Å². The Kier molecular flexibility index (Phi) is 2.98. The zero-order chi connectivity index (χ0) is 15.2. The Labute approximate surface area is 121 Å². The molecule has 110 valence electrons. The fourth-order valence-electron chi connectivity index (χ4n) is 2.47. The number of anilines is 1. The summed E-state index contributed by atoms with van der Waals surface area (Å²) in [5.74, 6) is -1.02. The zero-order valence-electron chi connectivity index (χ0n) is 11.2. The summed E-state index contributed by atoms with van der Waals surface area (Å²) < 4.78 is 26.6. The number of rotatable bonds is 3. The number of H-pyrrole nitrogens is 1. The zero-order valence-corrected chi connectivity index (χ0v) is 12.0. The third-order valence-electron chi connectivity index (χ3n) is 3.53. The molecular formula is C13H13N3O4S. The molecule has 0 saturated heterocycles. The summed E-state index contributed by atoms with van der Waals surface area (Å²) in [6, 6.07) is 4.48. The lowest BCUT2D eigenvalue weighted by Gasteiger charge is -2.19. The van der Waals surface area contributed by atoms with E-state index in [-0.39, 0.29) is 10.5 Å². The van der Waals surface area contributed by atoms with Crippen LogP contribution in [0.4, 0.5) is 5.69 Å². The van der Waals surface area contributed by atoms with E-state index in [9.17, 15) is 13.2 Å². The summed E-state index contributed by atoms with van der Waals surface area (Å²) in [6.45, 7) is 1.94. The van der Waals surface area contributed by atoms with Gasteiger partial charge in [0.25, 0.3) is 10.0 Å². The number of aromatic carboxylic acids is 1. The molecule has 1 aliphatic heterocycles. The highest BCUT2D eigenvalue weighted by molar-refractivity contribution is 7.92. The van der Waals surface area contributed by atoms with Gasteiger partial charge in [-0.25, -0.2) is 13.2 Å². The number of aromatic nitrogens is 2. The van der Waals surface area contributed by atoms with Crippen LogP contribution in [0.5, 0.6) is 0 Å². The summed E-state index contributed by atoms with van der Waals surface area (Å²) in [5, 5.41) is 15.3. The van der Waals surface area contributed by atoms with Crippen molar-refractivity contribution in [2.45, 2.75) is 18.2 Å². The molecule has 0 bridgehead atoms. The van der Waals surface area contributed by atoms with Gasteiger partial charge in [-0.1, -0.05) is 0 Å². The SMILES string of the molecule is Cc1[nH]ncc1S(=O)(=O)N1CCc2cc(C(=O)O)ccc21. The summed E-state index contributed by atoms with van der Waals surface area (Å²) in [4.78, 5) is 11.1. The second kappa shape index (κ2) is 4.59. The average Bonchev–Trinajstić information content (AvgIpc) is 3.03. The molecule has 1 aliphatic rings. The van der Waals surface area contributed by atoms with E-state index < -0.39 is 16.0 Å². The second-order valence-corrected chi connectivity index (χ2v) is 6.67. The number of hydrogen-bond donors (Lipinski definition) is 2.